The number of Topliss-reactive ketones (excluding diaryl/α,β-unsaturated/α-hetero) is 1. The summed E-state index contributed by atoms with van der Waals surface area (Å²) in [5, 5.41) is 0. The Morgan fingerprint density at radius 3 is 3.00 bits per heavy atom. The molecule has 0 saturated carbocycles. The van der Waals surface area contributed by atoms with Crippen molar-refractivity contribution in [3.8, 4) is 0 Å². The van der Waals surface area contributed by atoms with E-state index in [-0.39, 0.29) is 17.6 Å². The Morgan fingerprint density at radius 1 is 1.39 bits per heavy atom. The molecule has 2 bridgehead atoms. The molecular weight excluding hydrogens is 229 g/mol. The summed E-state index contributed by atoms with van der Waals surface area (Å²) in [5.41, 5.74) is 1.62. The zero-order chi connectivity index (χ0) is 12.7. The quantitative estimate of drug-likeness (QED) is 0.709. The van der Waals surface area contributed by atoms with E-state index in [2.05, 4.69) is 11.9 Å². The Kier molecular flexibility index (Phi) is 2.78. The number of ketones is 1. The predicted molar refractivity (Wildman–Crippen MR) is 68.6 cm³/mol. The number of halogens is 1. The van der Waals surface area contributed by atoms with Crippen molar-refractivity contribution >= 4 is 11.9 Å². The van der Waals surface area contributed by atoms with Crippen molar-refractivity contribution in [2.24, 2.45) is 0 Å². The van der Waals surface area contributed by atoms with Gasteiger partial charge in [-0.2, -0.15) is 0 Å². The molecule has 1 aromatic carbocycles. The topological polar surface area (TPSA) is 20.3 Å². The molecule has 2 heterocycles. The first kappa shape index (κ1) is 11.6. The first-order valence-electron chi connectivity index (χ1n) is 6.37. The van der Waals surface area contributed by atoms with E-state index in [0.29, 0.717) is 12.5 Å². The number of hydrogen-bond donors (Lipinski definition) is 0. The van der Waals surface area contributed by atoms with E-state index < -0.39 is 0 Å². The molecule has 2 fully saturated rings. The molecule has 0 aliphatic carbocycles. The second kappa shape index (κ2) is 4.32. The number of carbonyl (C=O) groups is 1. The van der Waals surface area contributed by atoms with Crippen molar-refractivity contribution in [3.05, 3.63) is 41.2 Å². The third-order valence-corrected chi connectivity index (χ3v) is 4.11. The highest BCUT2D eigenvalue weighted by molar-refractivity contribution is 6.02. The van der Waals surface area contributed by atoms with Gasteiger partial charge >= 0.3 is 0 Å². The third-order valence-electron chi connectivity index (χ3n) is 4.11. The van der Waals surface area contributed by atoms with Gasteiger partial charge in [-0.1, -0.05) is 12.1 Å². The van der Waals surface area contributed by atoms with Gasteiger partial charge in [0, 0.05) is 24.1 Å². The van der Waals surface area contributed by atoms with Crippen molar-refractivity contribution in [3.63, 3.8) is 0 Å². The van der Waals surface area contributed by atoms with Gasteiger partial charge in [-0.15, -0.1) is 0 Å². The normalized spacial score (nSPS) is 30.1. The first-order valence-corrected chi connectivity index (χ1v) is 6.37. The molecule has 2 saturated heterocycles. The van der Waals surface area contributed by atoms with Gasteiger partial charge in [0.25, 0.3) is 0 Å². The summed E-state index contributed by atoms with van der Waals surface area (Å²) in [6.07, 6.45) is 4.59. The SMILES string of the molecule is CN1[C@H]2CC[C@@H]1/C(=C\c1cccc(F)c1)C(=O)C2. The van der Waals surface area contributed by atoms with Gasteiger partial charge in [0.1, 0.15) is 5.82 Å². The average molecular weight is 245 g/mol. The van der Waals surface area contributed by atoms with Crippen LogP contribution in [-0.4, -0.2) is 29.8 Å². The van der Waals surface area contributed by atoms with E-state index in [0.717, 1.165) is 24.0 Å². The van der Waals surface area contributed by atoms with Crippen molar-refractivity contribution in [1.29, 1.82) is 0 Å². The van der Waals surface area contributed by atoms with Gasteiger partial charge in [0.05, 0.1) is 0 Å². The van der Waals surface area contributed by atoms with Gasteiger partial charge in [0.2, 0.25) is 0 Å². The Bertz CT molecular complexity index is 523. The third kappa shape index (κ3) is 1.89. The van der Waals surface area contributed by atoms with Crippen LogP contribution in [0.2, 0.25) is 0 Å². The molecule has 1 aromatic rings. The fraction of sp³-hybridized carbons (Fsp3) is 0.400. The second-order valence-corrected chi connectivity index (χ2v) is 5.19. The molecule has 3 heteroatoms. The fourth-order valence-corrected chi connectivity index (χ4v) is 3.10. The summed E-state index contributed by atoms with van der Waals surface area (Å²) in [6.45, 7) is 0. The van der Waals surface area contributed by atoms with Gasteiger partial charge in [0.15, 0.2) is 5.78 Å². The van der Waals surface area contributed by atoms with Crippen LogP contribution in [0.1, 0.15) is 24.8 Å². The number of likely N-dealkylation sites (N-methyl/N-ethyl adjacent to an activating group) is 1. The summed E-state index contributed by atoms with van der Waals surface area (Å²) in [6, 6.07) is 7.04. The van der Waals surface area contributed by atoms with Crippen LogP contribution in [0.15, 0.2) is 29.8 Å². The zero-order valence-electron chi connectivity index (χ0n) is 10.4. The van der Waals surface area contributed by atoms with E-state index in [4.69, 9.17) is 0 Å². The monoisotopic (exact) mass is 245 g/mol. The lowest BCUT2D eigenvalue weighted by Gasteiger charge is -2.32. The van der Waals surface area contributed by atoms with Crippen LogP contribution in [0.4, 0.5) is 4.39 Å². The van der Waals surface area contributed by atoms with Crippen LogP contribution in [0, 0.1) is 5.82 Å². The molecule has 0 radical (unpaired) electrons. The van der Waals surface area contributed by atoms with Crippen molar-refractivity contribution in [1.82, 2.24) is 4.90 Å². The Hall–Kier alpha value is -1.48. The van der Waals surface area contributed by atoms with Crippen LogP contribution >= 0.6 is 0 Å². The number of benzene rings is 1. The smallest absolute Gasteiger partial charge is 0.162 e. The number of piperidine rings is 1. The van der Waals surface area contributed by atoms with Crippen LogP contribution in [0.25, 0.3) is 6.08 Å². The second-order valence-electron chi connectivity index (χ2n) is 5.19. The summed E-state index contributed by atoms with van der Waals surface area (Å²) in [4.78, 5) is 14.4. The van der Waals surface area contributed by atoms with E-state index >= 15 is 0 Å². The molecule has 2 atom stereocenters. The van der Waals surface area contributed by atoms with E-state index in [1.54, 1.807) is 6.07 Å². The number of nitrogens with zero attached hydrogens (tertiary/aromatic N) is 1. The molecule has 3 rings (SSSR count). The maximum atomic E-state index is 13.2. The Morgan fingerprint density at radius 2 is 2.22 bits per heavy atom. The molecule has 2 aliphatic rings. The lowest BCUT2D eigenvalue weighted by Crippen LogP contribution is -2.41. The fourth-order valence-electron chi connectivity index (χ4n) is 3.10. The molecule has 0 unspecified atom stereocenters. The van der Waals surface area contributed by atoms with Crippen molar-refractivity contribution in [2.45, 2.75) is 31.3 Å². The molecule has 0 aromatic heterocycles. The molecule has 0 spiro atoms. The summed E-state index contributed by atoms with van der Waals surface area (Å²) in [5.74, 6) is -0.0323. The van der Waals surface area contributed by atoms with Crippen molar-refractivity contribution < 1.29 is 9.18 Å². The van der Waals surface area contributed by atoms with Crippen LogP contribution < -0.4 is 0 Å². The Balaban J connectivity index is 1.97. The molecular formula is C15H16FNO. The zero-order valence-corrected chi connectivity index (χ0v) is 10.4. The molecule has 18 heavy (non-hydrogen) atoms. The van der Waals surface area contributed by atoms with Gasteiger partial charge in [-0.05, 0) is 43.7 Å². The van der Waals surface area contributed by atoms with E-state index in [1.807, 2.05) is 12.1 Å². The predicted octanol–water partition coefficient (Wildman–Crippen LogP) is 2.64. The van der Waals surface area contributed by atoms with E-state index in [1.165, 1.54) is 12.1 Å². The average Bonchev–Trinajstić information content (AvgIpc) is 2.58. The highest BCUT2D eigenvalue weighted by atomic mass is 19.1. The minimum atomic E-state index is -0.259. The highest BCUT2D eigenvalue weighted by Crippen LogP contribution is 2.36. The molecule has 0 N–H and O–H groups in total. The van der Waals surface area contributed by atoms with E-state index in [9.17, 15) is 9.18 Å². The number of rotatable bonds is 1. The number of fused-ring (bicyclic) bond motifs is 2. The largest absolute Gasteiger partial charge is 0.296 e. The maximum absolute atomic E-state index is 13.2. The molecule has 2 nitrogen and oxygen atoms in total. The summed E-state index contributed by atoms with van der Waals surface area (Å²) < 4.78 is 13.2. The summed E-state index contributed by atoms with van der Waals surface area (Å²) in [7, 11) is 2.08. The lowest BCUT2D eigenvalue weighted by molar-refractivity contribution is -0.118. The maximum Gasteiger partial charge on any atom is 0.162 e. The Labute approximate surface area is 106 Å². The molecule has 94 valence electrons. The van der Waals surface area contributed by atoms with Crippen LogP contribution in [0.5, 0.6) is 0 Å². The van der Waals surface area contributed by atoms with Gasteiger partial charge in [-0.3, -0.25) is 9.69 Å². The molecule has 0 amide bonds. The minimum absolute atomic E-state index is 0.222. The number of carbonyl (C=O) groups excluding carboxylic acids is 1. The van der Waals surface area contributed by atoms with Crippen LogP contribution in [0.3, 0.4) is 0 Å². The molecule has 2 aliphatic heterocycles. The number of hydrogen-bond acceptors (Lipinski definition) is 2. The lowest BCUT2D eigenvalue weighted by atomic mass is 9.94. The summed E-state index contributed by atoms with van der Waals surface area (Å²) >= 11 is 0. The minimum Gasteiger partial charge on any atom is -0.296 e. The first-order chi connectivity index (χ1) is 8.65. The van der Waals surface area contributed by atoms with Gasteiger partial charge < -0.3 is 0 Å². The van der Waals surface area contributed by atoms with Crippen molar-refractivity contribution in [2.75, 3.05) is 7.05 Å². The highest BCUT2D eigenvalue weighted by Gasteiger charge is 2.41. The standard InChI is InChI=1S/C15H16FNO/c1-17-12-5-6-14(17)13(15(18)9-12)8-10-3-2-4-11(16)7-10/h2-4,7-8,12,14H,5-6,9H2,1H3/b13-8+/t12-,14+/m0/s1. The van der Waals surface area contributed by atoms with Gasteiger partial charge in [-0.25, -0.2) is 4.39 Å². The van der Waals surface area contributed by atoms with Crippen LogP contribution in [-0.2, 0) is 4.79 Å².